The van der Waals surface area contributed by atoms with Crippen LogP contribution < -0.4 is 5.32 Å². The number of sulfonamides is 1. The van der Waals surface area contributed by atoms with Gasteiger partial charge < -0.3 is 10.2 Å². The van der Waals surface area contributed by atoms with Crippen LogP contribution in [0.1, 0.15) is 17.7 Å². The van der Waals surface area contributed by atoms with E-state index in [1.165, 1.54) is 11.1 Å². The normalized spacial score (nSPS) is 17.9. The first-order valence-corrected chi connectivity index (χ1v) is 10.9. The van der Waals surface area contributed by atoms with Crippen molar-refractivity contribution >= 4 is 38.9 Å². The molecule has 0 radical (unpaired) electrons. The first-order chi connectivity index (χ1) is 11.3. The number of thiophene rings is 1. The van der Waals surface area contributed by atoms with E-state index in [1.807, 2.05) is 19.2 Å². The zero-order chi connectivity index (χ0) is 17.7. The molecule has 1 aliphatic rings. The molecule has 2 rings (SSSR count). The fourth-order valence-electron chi connectivity index (χ4n) is 2.81. The summed E-state index contributed by atoms with van der Waals surface area (Å²) in [4.78, 5) is 7.58. The van der Waals surface area contributed by atoms with E-state index in [9.17, 15) is 8.42 Å². The van der Waals surface area contributed by atoms with Gasteiger partial charge in [0.25, 0.3) is 0 Å². The van der Waals surface area contributed by atoms with E-state index in [1.54, 1.807) is 22.7 Å². The van der Waals surface area contributed by atoms with Crippen LogP contribution >= 0.6 is 22.9 Å². The van der Waals surface area contributed by atoms with Crippen molar-refractivity contribution in [3.05, 3.63) is 21.3 Å². The summed E-state index contributed by atoms with van der Waals surface area (Å²) in [6.45, 7) is 2.77. The van der Waals surface area contributed by atoms with Crippen molar-refractivity contribution < 1.29 is 8.42 Å². The minimum atomic E-state index is -3.06. The van der Waals surface area contributed by atoms with E-state index < -0.39 is 10.0 Å². The smallest absolute Gasteiger partial charge is 0.211 e. The fourth-order valence-corrected chi connectivity index (χ4v) is 4.83. The van der Waals surface area contributed by atoms with Crippen LogP contribution in [0.4, 0.5) is 0 Å². The standard InChI is InChI=1S/C15H25ClN4O2S2/c1-17-15(19(2)11-13-4-5-14(16)23-13)18-10-12-6-8-20(9-7-12)24(3,21)22/h4-5,12H,6-11H2,1-3H3,(H,17,18). The van der Waals surface area contributed by atoms with Crippen molar-refractivity contribution in [2.45, 2.75) is 19.4 Å². The van der Waals surface area contributed by atoms with Gasteiger partial charge in [-0.25, -0.2) is 12.7 Å². The number of hydrogen-bond acceptors (Lipinski definition) is 4. The molecule has 1 aliphatic heterocycles. The highest BCUT2D eigenvalue weighted by atomic mass is 35.5. The lowest BCUT2D eigenvalue weighted by molar-refractivity contribution is 0.273. The fraction of sp³-hybridized carbons (Fsp3) is 0.667. The number of piperidine rings is 1. The van der Waals surface area contributed by atoms with Crippen molar-refractivity contribution in [3.63, 3.8) is 0 Å². The molecule has 0 aliphatic carbocycles. The maximum Gasteiger partial charge on any atom is 0.211 e. The van der Waals surface area contributed by atoms with Gasteiger partial charge in [-0.3, -0.25) is 4.99 Å². The van der Waals surface area contributed by atoms with E-state index >= 15 is 0 Å². The van der Waals surface area contributed by atoms with Crippen LogP contribution in [-0.4, -0.2) is 63.6 Å². The predicted octanol–water partition coefficient (Wildman–Crippen LogP) is 2.08. The SMILES string of the molecule is CN=C(NCC1CCN(S(C)(=O)=O)CC1)N(C)Cc1ccc(Cl)s1. The van der Waals surface area contributed by atoms with Gasteiger partial charge in [0, 0.05) is 38.6 Å². The lowest BCUT2D eigenvalue weighted by Gasteiger charge is -2.31. The molecule has 9 heteroatoms. The molecule has 0 aromatic carbocycles. The predicted molar refractivity (Wildman–Crippen MR) is 101 cm³/mol. The number of hydrogen-bond donors (Lipinski definition) is 1. The summed E-state index contributed by atoms with van der Waals surface area (Å²) in [5, 5.41) is 3.40. The molecule has 0 unspecified atom stereocenters. The Hall–Kier alpha value is -0.830. The van der Waals surface area contributed by atoms with Gasteiger partial charge in [-0.05, 0) is 30.9 Å². The topological polar surface area (TPSA) is 65.0 Å². The first-order valence-electron chi connectivity index (χ1n) is 7.90. The van der Waals surface area contributed by atoms with E-state index in [0.29, 0.717) is 19.0 Å². The van der Waals surface area contributed by atoms with Gasteiger partial charge in [-0.1, -0.05) is 11.6 Å². The largest absolute Gasteiger partial charge is 0.356 e. The van der Waals surface area contributed by atoms with Gasteiger partial charge in [0.05, 0.1) is 17.1 Å². The number of halogens is 1. The van der Waals surface area contributed by atoms with Crippen LogP contribution in [0.3, 0.4) is 0 Å². The summed E-state index contributed by atoms with van der Waals surface area (Å²) in [7, 11) is 0.706. The third kappa shape index (κ3) is 5.61. The average Bonchev–Trinajstić information content (AvgIpc) is 2.92. The maximum absolute atomic E-state index is 11.5. The Balaban J connectivity index is 1.80. The van der Waals surface area contributed by atoms with Crippen molar-refractivity contribution in [2.24, 2.45) is 10.9 Å². The van der Waals surface area contributed by atoms with Crippen LogP contribution in [0, 0.1) is 5.92 Å². The van der Waals surface area contributed by atoms with Crippen LogP contribution in [0.15, 0.2) is 17.1 Å². The molecule has 0 spiro atoms. The summed E-state index contributed by atoms with van der Waals surface area (Å²) < 4.78 is 25.4. The van der Waals surface area contributed by atoms with E-state index in [4.69, 9.17) is 11.6 Å². The molecule has 0 bridgehead atoms. The Labute approximate surface area is 153 Å². The molecule has 1 fully saturated rings. The molecule has 136 valence electrons. The molecule has 0 saturated carbocycles. The maximum atomic E-state index is 11.5. The minimum Gasteiger partial charge on any atom is -0.356 e. The van der Waals surface area contributed by atoms with Crippen LogP contribution in [-0.2, 0) is 16.6 Å². The lowest BCUT2D eigenvalue weighted by atomic mass is 9.98. The number of nitrogens with zero attached hydrogens (tertiary/aromatic N) is 3. The highest BCUT2D eigenvalue weighted by Crippen LogP contribution is 2.22. The van der Waals surface area contributed by atoms with Gasteiger partial charge in [0.1, 0.15) is 0 Å². The van der Waals surface area contributed by atoms with Gasteiger partial charge in [0.2, 0.25) is 10.0 Å². The molecule has 0 amide bonds. The Morgan fingerprint density at radius 1 is 1.46 bits per heavy atom. The lowest BCUT2D eigenvalue weighted by Crippen LogP contribution is -2.44. The number of rotatable bonds is 5. The van der Waals surface area contributed by atoms with Crippen molar-refractivity contribution in [2.75, 3.05) is 40.0 Å². The molecule has 1 saturated heterocycles. The number of aliphatic imine (C=N–C) groups is 1. The van der Waals surface area contributed by atoms with Gasteiger partial charge in [-0.15, -0.1) is 11.3 Å². The van der Waals surface area contributed by atoms with E-state index in [2.05, 4.69) is 15.2 Å². The number of nitrogens with one attached hydrogen (secondary N) is 1. The summed E-state index contributed by atoms with van der Waals surface area (Å²) >= 11 is 7.54. The summed E-state index contributed by atoms with van der Waals surface area (Å²) in [5.41, 5.74) is 0. The van der Waals surface area contributed by atoms with Crippen molar-refractivity contribution in [3.8, 4) is 0 Å². The quantitative estimate of drug-likeness (QED) is 0.615. The van der Waals surface area contributed by atoms with Gasteiger partial charge in [0.15, 0.2) is 5.96 Å². The Kier molecular flexibility index (Phi) is 6.91. The molecule has 1 aromatic rings. The molecular formula is C15H25ClN4O2S2. The average molecular weight is 393 g/mol. The zero-order valence-corrected chi connectivity index (χ0v) is 16.7. The monoisotopic (exact) mass is 392 g/mol. The second-order valence-corrected chi connectivity index (χ2v) is 9.88. The Bertz CT molecular complexity index is 667. The Morgan fingerprint density at radius 3 is 2.62 bits per heavy atom. The molecule has 6 nitrogen and oxygen atoms in total. The summed E-state index contributed by atoms with van der Waals surface area (Å²) in [6.07, 6.45) is 3.03. The van der Waals surface area contributed by atoms with Crippen LogP contribution in [0.5, 0.6) is 0 Å². The second-order valence-electron chi connectivity index (χ2n) is 6.10. The first kappa shape index (κ1) is 19.5. The molecule has 1 aromatic heterocycles. The van der Waals surface area contributed by atoms with Crippen LogP contribution in [0.25, 0.3) is 0 Å². The summed E-state index contributed by atoms with van der Waals surface area (Å²) in [5.74, 6) is 1.30. The third-order valence-electron chi connectivity index (χ3n) is 4.19. The minimum absolute atomic E-state index is 0.462. The van der Waals surface area contributed by atoms with E-state index in [-0.39, 0.29) is 0 Å². The van der Waals surface area contributed by atoms with Crippen molar-refractivity contribution in [1.82, 2.24) is 14.5 Å². The van der Waals surface area contributed by atoms with Crippen LogP contribution in [0.2, 0.25) is 4.34 Å². The van der Waals surface area contributed by atoms with E-state index in [0.717, 1.165) is 36.2 Å². The molecule has 2 heterocycles. The summed E-state index contributed by atoms with van der Waals surface area (Å²) in [6, 6.07) is 3.93. The highest BCUT2D eigenvalue weighted by Gasteiger charge is 2.25. The molecule has 0 atom stereocenters. The van der Waals surface area contributed by atoms with Crippen molar-refractivity contribution in [1.29, 1.82) is 0 Å². The Morgan fingerprint density at radius 2 is 2.12 bits per heavy atom. The highest BCUT2D eigenvalue weighted by molar-refractivity contribution is 7.88. The molecule has 24 heavy (non-hydrogen) atoms. The third-order valence-corrected chi connectivity index (χ3v) is 6.71. The number of guanidine groups is 1. The second kappa shape index (κ2) is 8.51. The zero-order valence-electron chi connectivity index (χ0n) is 14.3. The molecular weight excluding hydrogens is 368 g/mol. The van der Waals surface area contributed by atoms with Gasteiger partial charge in [-0.2, -0.15) is 0 Å². The molecule has 1 N–H and O–H groups in total. The van der Waals surface area contributed by atoms with Gasteiger partial charge >= 0.3 is 0 Å².